The summed E-state index contributed by atoms with van der Waals surface area (Å²) in [6, 6.07) is 2.79. The number of aryl methyl sites for hydroxylation is 1. The van der Waals surface area contributed by atoms with E-state index < -0.39 is 0 Å². The van der Waals surface area contributed by atoms with Gasteiger partial charge in [0.25, 0.3) is 0 Å². The molecule has 0 heterocycles. The molecule has 0 spiro atoms. The first-order chi connectivity index (χ1) is 9.04. The van der Waals surface area contributed by atoms with Gasteiger partial charge in [0.05, 0.1) is 7.11 Å². The highest BCUT2D eigenvalue weighted by atomic mass is 16.5. The first-order valence-electron chi connectivity index (χ1n) is 7.21. The molecular weight excluding hydrogens is 236 g/mol. The molecule has 3 N–H and O–H groups in total. The third-order valence-electron chi connectivity index (χ3n) is 4.42. The molecule has 1 aromatic carbocycles. The standard InChI is InChI=1S/C16H26N2O/c1-10-9-15(19-4)11(2)12(3)16(10)18-14-8-6-5-7-13(14)17/h9,13-14,18H,5-8,17H2,1-4H3. The number of hydrogen-bond donors (Lipinski definition) is 2. The first-order valence-corrected chi connectivity index (χ1v) is 7.21. The van der Waals surface area contributed by atoms with Gasteiger partial charge in [-0.2, -0.15) is 0 Å². The van der Waals surface area contributed by atoms with Crippen molar-refractivity contribution >= 4 is 5.69 Å². The van der Waals surface area contributed by atoms with Gasteiger partial charge in [-0.3, -0.25) is 0 Å². The number of anilines is 1. The quantitative estimate of drug-likeness (QED) is 0.878. The molecule has 1 fully saturated rings. The van der Waals surface area contributed by atoms with Crippen LogP contribution in [0.15, 0.2) is 6.07 Å². The van der Waals surface area contributed by atoms with Gasteiger partial charge in [0.2, 0.25) is 0 Å². The van der Waals surface area contributed by atoms with Crippen LogP contribution in [-0.4, -0.2) is 19.2 Å². The predicted octanol–water partition coefficient (Wildman–Crippen LogP) is 3.30. The van der Waals surface area contributed by atoms with Crippen molar-refractivity contribution in [1.29, 1.82) is 0 Å². The van der Waals surface area contributed by atoms with Crippen LogP contribution in [0.3, 0.4) is 0 Å². The van der Waals surface area contributed by atoms with Crippen molar-refractivity contribution in [3.8, 4) is 5.75 Å². The molecule has 1 saturated carbocycles. The minimum Gasteiger partial charge on any atom is -0.496 e. The second-order valence-corrected chi connectivity index (χ2v) is 5.72. The molecule has 3 heteroatoms. The molecule has 0 radical (unpaired) electrons. The Balaban J connectivity index is 2.27. The Morgan fingerprint density at radius 3 is 2.47 bits per heavy atom. The van der Waals surface area contributed by atoms with Gasteiger partial charge in [0, 0.05) is 17.8 Å². The normalized spacial score (nSPS) is 23.2. The van der Waals surface area contributed by atoms with E-state index in [9.17, 15) is 0 Å². The van der Waals surface area contributed by atoms with Crippen molar-refractivity contribution < 1.29 is 4.74 Å². The summed E-state index contributed by atoms with van der Waals surface area (Å²) < 4.78 is 5.42. The Morgan fingerprint density at radius 2 is 1.84 bits per heavy atom. The van der Waals surface area contributed by atoms with Gasteiger partial charge in [-0.05, 0) is 56.4 Å². The zero-order valence-corrected chi connectivity index (χ0v) is 12.5. The SMILES string of the molecule is COc1cc(C)c(NC2CCCCC2N)c(C)c1C. The van der Waals surface area contributed by atoms with Gasteiger partial charge in [0.15, 0.2) is 0 Å². The van der Waals surface area contributed by atoms with Crippen LogP contribution >= 0.6 is 0 Å². The molecule has 0 saturated heterocycles. The average Bonchev–Trinajstić information content (AvgIpc) is 2.41. The van der Waals surface area contributed by atoms with Crippen molar-refractivity contribution in [3.05, 3.63) is 22.8 Å². The molecular formula is C16H26N2O. The maximum Gasteiger partial charge on any atom is 0.122 e. The zero-order chi connectivity index (χ0) is 14.0. The lowest BCUT2D eigenvalue weighted by Crippen LogP contribution is -2.42. The summed E-state index contributed by atoms with van der Waals surface area (Å²) in [5.41, 5.74) is 11.2. The fourth-order valence-electron chi connectivity index (χ4n) is 3.00. The maximum absolute atomic E-state index is 6.23. The largest absolute Gasteiger partial charge is 0.496 e. The molecule has 0 amide bonds. The Kier molecular flexibility index (Phi) is 4.35. The van der Waals surface area contributed by atoms with E-state index in [0.29, 0.717) is 6.04 Å². The summed E-state index contributed by atoms with van der Waals surface area (Å²) >= 11 is 0. The van der Waals surface area contributed by atoms with Crippen LogP contribution in [0.2, 0.25) is 0 Å². The van der Waals surface area contributed by atoms with E-state index in [0.717, 1.165) is 12.2 Å². The van der Waals surface area contributed by atoms with E-state index in [-0.39, 0.29) is 6.04 Å². The van der Waals surface area contributed by atoms with Crippen molar-refractivity contribution in [2.24, 2.45) is 5.73 Å². The summed E-state index contributed by atoms with van der Waals surface area (Å²) in [5, 5.41) is 3.68. The van der Waals surface area contributed by atoms with Gasteiger partial charge in [0.1, 0.15) is 5.75 Å². The van der Waals surface area contributed by atoms with Crippen LogP contribution in [0.1, 0.15) is 42.4 Å². The summed E-state index contributed by atoms with van der Waals surface area (Å²) in [4.78, 5) is 0. The number of hydrogen-bond acceptors (Lipinski definition) is 3. The van der Waals surface area contributed by atoms with E-state index in [1.165, 1.54) is 41.6 Å². The summed E-state index contributed by atoms with van der Waals surface area (Å²) in [6.45, 7) is 6.40. The first kappa shape index (κ1) is 14.2. The summed E-state index contributed by atoms with van der Waals surface area (Å²) in [5.74, 6) is 0.966. The van der Waals surface area contributed by atoms with E-state index >= 15 is 0 Å². The van der Waals surface area contributed by atoms with E-state index in [2.05, 4.69) is 32.2 Å². The van der Waals surface area contributed by atoms with Gasteiger partial charge in [-0.1, -0.05) is 12.8 Å². The van der Waals surface area contributed by atoms with Crippen molar-refractivity contribution in [3.63, 3.8) is 0 Å². The summed E-state index contributed by atoms with van der Waals surface area (Å²) in [6.07, 6.45) is 4.84. The average molecular weight is 262 g/mol. The fourth-order valence-corrected chi connectivity index (χ4v) is 3.00. The van der Waals surface area contributed by atoms with E-state index in [4.69, 9.17) is 10.5 Å². The van der Waals surface area contributed by atoms with Gasteiger partial charge >= 0.3 is 0 Å². The predicted molar refractivity (Wildman–Crippen MR) is 81.1 cm³/mol. The number of nitrogens with two attached hydrogens (primary N) is 1. The molecule has 0 aromatic heterocycles. The smallest absolute Gasteiger partial charge is 0.122 e. The molecule has 1 aliphatic carbocycles. The lowest BCUT2D eigenvalue weighted by Gasteiger charge is -2.31. The number of nitrogens with one attached hydrogen (secondary N) is 1. The van der Waals surface area contributed by atoms with Crippen LogP contribution in [0.4, 0.5) is 5.69 Å². The van der Waals surface area contributed by atoms with Crippen molar-refractivity contribution in [2.45, 2.75) is 58.5 Å². The topological polar surface area (TPSA) is 47.3 Å². The van der Waals surface area contributed by atoms with Gasteiger partial charge in [-0.15, -0.1) is 0 Å². The molecule has 2 unspecified atom stereocenters. The van der Waals surface area contributed by atoms with Crippen LogP contribution in [0, 0.1) is 20.8 Å². The number of methoxy groups -OCH3 is 1. The van der Waals surface area contributed by atoms with E-state index in [1.807, 2.05) is 0 Å². The molecule has 0 aliphatic heterocycles. The second kappa shape index (κ2) is 5.83. The summed E-state index contributed by atoms with van der Waals surface area (Å²) in [7, 11) is 1.73. The molecule has 2 rings (SSSR count). The fraction of sp³-hybridized carbons (Fsp3) is 0.625. The Morgan fingerprint density at radius 1 is 1.16 bits per heavy atom. The molecule has 0 bridgehead atoms. The van der Waals surface area contributed by atoms with Crippen LogP contribution in [0.25, 0.3) is 0 Å². The molecule has 2 atom stereocenters. The minimum absolute atomic E-state index is 0.273. The number of benzene rings is 1. The van der Waals surface area contributed by atoms with E-state index in [1.54, 1.807) is 7.11 Å². The van der Waals surface area contributed by atoms with Crippen LogP contribution in [0.5, 0.6) is 5.75 Å². The Hall–Kier alpha value is -1.22. The highest BCUT2D eigenvalue weighted by molar-refractivity contribution is 5.64. The zero-order valence-electron chi connectivity index (χ0n) is 12.5. The highest BCUT2D eigenvalue weighted by Crippen LogP contribution is 2.33. The number of rotatable bonds is 3. The minimum atomic E-state index is 0.273. The lowest BCUT2D eigenvalue weighted by atomic mass is 9.90. The molecule has 19 heavy (non-hydrogen) atoms. The van der Waals surface area contributed by atoms with Gasteiger partial charge < -0.3 is 15.8 Å². The highest BCUT2D eigenvalue weighted by Gasteiger charge is 2.23. The monoisotopic (exact) mass is 262 g/mol. The third-order valence-corrected chi connectivity index (χ3v) is 4.42. The molecule has 1 aliphatic rings. The number of ether oxygens (including phenoxy) is 1. The van der Waals surface area contributed by atoms with Crippen LogP contribution < -0.4 is 15.8 Å². The molecule has 1 aromatic rings. The Labute approximate surface area is 116 Å². The van der Waals surface area contributed by atoms with Crippen molar-refractivity contribution in [1.82, 2.24) is 0 Å². The van der Waals surface area contributed by atoms with Crippen LogP contribution in [-0.2, 0) is 0 Å². The maximum atomic E-state index is 6.23. The molecule has 3 nitrogen and oxygen atoms in total. The second-order valence-electron chi connectivity index (χ2n) is 5.72. The Bertz CT molecular complexity index is 457. The lowest BCUT2D eigenvalue weighted by molar-refractivity contribution is 0.403. The van der Waals surface area contributed by atoms with Crippen molar-refractivity contribution in [2.75, 3.05) is 12.4 Å². The molecule has 106 valence electrons. The third kappa shape index (κ3) is 2.86. The van der Waals surface area contributed by atoms with Gasteiger partial charge in [-0.25, -0.2) is 0 Å².